The molecule has 22 heavy (non-hydrogen) atoms. The topological polar surface area (TPSA) is 59.8 Å². The maximum absolute atomic E-state index is 12.6. The van der Waals surface area contributed by atoms with Gasteiger partial charge in [0.05, 0.1) is 6.54 Å². The van der Waals surface area contributed by atoms with E-state index in [0.29, 0.717) is 36.2 Å². The van der Waals surface area contributed by atoms with Crippen LogP contribution in [0.2, 0.25) is 5.02 Å². The molecule has 1 aromatic heterocycles. The lowest BCUT2D eigenvalue weighted by Gasteiger charge is -2.19. The van der Waals surface area contributed by atoms with Crippen LogP contribution in [-0.4, -0.2) is 24.0 Å². The van der Waals surface area contributed by atoms with Gasteiger partial charge in [-0.1, -0.05) is 11.6 Å². The van der Waals surface area contributed by atoms with Crippen LogP contribution in [0.1, 0.15) is 21.9 Å². The number of carbonyl (C=O) groups excluding carboxylic acids is 1. The largest absolute Gasteiger partial charge is 0.491 e. The molecule has 1 amide bonds. The van der Waals surface area contributed by atoms with Crippen molar-refractivity contribution in [2.45, 2.75) is 13.5 Å². The highest BCUT2D eigenvalue weighted by Crippen LogP contribution is 2.26. The van der Waals surface area contributed by atoms with E-state index in [2.05, 4.69) is 0 Å². The summed E-state index contributed by atoms with van der Waals surface area (Å²) in [5, 5.41) is 0.582. The first-order chi connectivity index (χ1) is 10.5. The Labute approximate surface area is 132 Å². The minimum Gasteiger partial charge on any atom is -0.491 e. The Morgan fingerprint density at radius 2 is 2.09 bits per heavy atom. The summed E-state index contributed by atoms with van der Waals surface area (Å²) in [4.78, 5) is 25.7. The van der Waals surface area contributed by atoms with Crippen molar-refractivity contribution in [3.63, 3.8) is 0 Å². The van der Waals surface area contributed by atoms with Crippen LogP contribution in [0.3, 0.4) is 0 Å². The number of halogens is 1. The van der Waals surface area contributed by atoms with Gasteiger partial charge in [-0.3, -0.25) is 9.59 Å². The summed E-state index contributed by atoms with van der Waals surface area (Å²) in [6.07, 6.45) is 0. The molecule has 6 heteroatoms. The first-order valence-corrected chi connectivity index (χ1v) is 7.23. The van der Waals surface area contributed by atoms with Crippen LogP contribution < -0.4 is 10.2 Å². The zero-order valence-corrected chi connectivity index (χ0v) is 12.7. The van der Waals surface area contributed by atoms with Crippen LogP contribution in [0.25, 0.3) is 0 Å². The lowest BCUT2D eigenvalue weighted by Crippen LogP contribution is -2.33. The Morgan fingerprint density at radius 1 is 1.27 bits per heavy atom. The SMILES string of the molecule is Cc1cc(=O)cc(C(=O)N2CCOc3ccc(Cl)cc3C2)o1. The van der Waals surface area contributed by atoms with Crippen molar-refractivity contribution in [3.8, 4) is 5.75 Å². The van der Waals surface area contributed by atoms with Crippen molar-refractivity contribution in [2.24, 2.45) is 0 Å². The van der Waals surface area contributed by atoms with Gasteiger partial charge in [-0.25, -0.2) is 0 Å². The molecule has 0 aliphatic carbocycles. The van der Waals surface area contributed by atoms with Gasteiger partial charge in [-0.2, -0.15) is 0 Å². The number of ether oxygens (including phenoxy) is 1. The number of benzene rings is 1. The predicted octanol–water partition coefficient (Wildman–Crippen LogP) is 2.64. The van der Waals surface area contributed by atoms with E-state index in [0.717, 1.165) is 5.56 Å². The molecule has 1 aromatic carbocycles. The van der Waals surface area contributed by atoms with E-state index < -0.39 is 0 Å². The van der Waals surface area contributed by atoms with E-state index >= 15 is 0 Å². The summed E-state index contributed by atoms with van der Waals surface area (Å²) in [5.41, 5.74) is 0.579. The van der Waals surface area contributed by atoms with Gasteiger partial charge < -0.3 is 14.1 Å². The van der Waals surface area contributed by atoms with Crippen LogP contribution in [0.15, 0.2) is 39.5 Å². The maximum Gasteiger partial charge on any atom is 0.290 e. The summed E-state index contributed by atoms with van der Waals surface area (Å²) in [5.74, 6) is 0.823. The third-order valence-electron chi connectivity index (χ3n) is 3.39. The molecule has 0 spiro atoms. The number of aryl methyl sites for hydroxylation is 1. The monoisotopic (exact) mass is 319 g/mol. The second-order valence-electron chi connectivity index (χ2n) is 5.10. The first kappa shape index (κ1) is 14.7. The molecule has 1 aliphatic rings. The zero-order valence-electron chi connectivity index (χ0n) is 12.0. The number of hydrogen-bond acceptors (Lipinski definition) is 4. The van der Waals surface area contributed by atoms with Crippen molar-refractivity contribution in [3.05, 3.63) is 62.7 Å². The van der Waals surface area contributed by atoms with Gasteiger partial charge in [-0.05, 0) is 25.1 Å². The van der Waals surface area contributed by atoms with Crippen molar-refractivity contribution < 1.29 is 13.9 Å². The lowest BCUT2D eigenvalue weighted by atomic mass is 10.2. The molecule has 114 valence electrons. The third kappa shape index (κ3) is 2.99. The highest BCUT2D eigenvalue weighted by Gasteiger charge is 2.23. The van der Waals surface area contributed by atoms with Crippen LogP contribution in [0.4, 0.5) is 0 Å². The van der Waals surface area contributed by atoms with E-state index in [1.807, 2.05) is 0 Å². The Kier molecular flexibility index (Phi) is 3.90. The second-order valence-corrected chi connectivity index (χ2v) is 5.53. The molecular weight excluding hydrogens is 306 g/mol. The quantitative estimate of drug-likeness (QED) is 0.810. The van der Waals surface area contributed by atoms with Crippen molar-refractivity contribution in [2.75, 3.05) is 13.2 Å². The summed E-state index contributed by atoms with van der Waals surface area (Å²) in [7, 11) is 0. The fourth-order valence-electron chi connectivity index (χ4n) is 2.40. The van der Waals surface area contributed by atoms with Crippen molar-refractivity contribution >= 4 is 17.5 Å². The smallest absolute Gasteiger partial charge is 0.290 e. The first-order valence-electron chi connectivity index (χ1n) is 6.85. The Balaban J connectivity index is 1.91. The van der Waals surface area contributed by atoms with Gasteiger partial charge in [0.2, 0.25) is 0 Å². The average Bonchev–Trinajstić information content (AvgIpc) is 2.67. The molecule has 2 aromatic rings. The summed E-state index contributed by atoms with van der Waals surface area (Å²) in [6.45, 7) is 2.77. The number of nitrogens with zero attached hydrogens (tertiary/aromatic N) is 1. The third-order valence-corrected chi connectivity index (χ3v) is 3.63. The Hall–Kier alpha value is -2.27. The average molecular weight is 320 g/mol. The number of hydrogen-bond donors (Lipinski definition) is 0. The number of fused-ring (bicyclic) bond motifs is 1. The highest BCUT2D eigenvalue weighted by molar-refractivity contribution is 6.30. The number of rotatable bonds is 1. The van der Waals surface area contributed by atoms with Crippen LogP contribution >= 0.6 is 11.6 Å². The molecule has 0 atom stereocenters. The van der Waals surface area contributed by atoms with Crippen molar-refractivity contribution in [1.82, 2.24) is 4.90 Å². The van der Waals surface area contributed by atoms with E-state index in [1.54, 1.807) is 30.0 Å². The predicted molar refractivity (Wildman–Crippen MR) is 81.4 cm³/mol. The molecule has 3 rings (SSSR count). The second kappa shape index (κ2) is 5.85. The molecule has 0 saturated heterocycles. The Morgan fingerprint density at radius 3 is 2.86 bits per heavy atom. The van der Waals surface area contributed by atoms with Crippen LogP contribution in [0.5, 0.6) is 5.75 Å². The summed E-state index contributed by atoms with van der Waals surface area (Å²) in [6, 6.07) is 7.86. The molecular formula is C16H14ClNO4. The van der Waals surface area contributed by atoms with Gasteiger partial charge in [-0.15, -0.1) is 0 Å². The molecule has 0 saturated carbocycles. The molecule has 0 unspecified atom stereocenters. The highest BCUT2D eigenvalue weighted by atomic mass is 35.5. The van der Waals surface area contributed by atoms with E-state index in [4.69, 9.17) is 20.8 Å². The van der Waals surface area contributed by atoms with Gasteiger partial charge >= 0.3 is 0 Å². The molecule has 5 nitrogen and oxygen atoms in total. The molecule has 0 radical (unpaired) electrons. The van der Waals surface area contributed by atoms with Crippen molar-refractivity contribution in [1.29, 1.82) is 0 Å². The molecule has 0 bridgehead atoms. The number of amides is 1. The van der Waals surface area contributed by atoms with Crippen LogP contribution in [-0.2, 0) is 6.54 Å². The maximum atomic E-state index is 12.6. The van der Waals surface area contributed by atoms with E-state index in [1.165, 1.54) is 12.1 Å². The van der Waals surface area contributed by atoms with Crippen LogP contribution in [0, 0.1) is 6.92 Å². The molecule has 2 heterocycles. The zero-order chi connectivity index (χ0) is 15.7. The molecule has 0 N–H and O–H groups in total. The summed E-state index contributed by atoms with van der Waals surface area (Å²) >= 11 is 6.00. The Bertz CT molecular complexity index is 784. The normalized spacial score (nSPS) is 14.0. The van der Waals surface area contributed by atoms with Gasteiger partial charge in [0, 0.05) is 29.3 Å². The minimum atomic E-state index is -0.336. The van der Waals surface area contributed by atoms with Gasteiger partial charge in [0.25, 0.3) is 5.91 Å². The summed E-state index contributed by atoms with van der Waals surface area (Å²) < 4.78 is 11.0. The fraction of sp³-hybridized carbons (Fsp3) is 0.250. The van der Waals surface area contributed by atoms with Gasteiger partial charge in [0.15, 0.2) is 11.2 Å². The lowest BCUT2D eigenvalue weighted by molar-refractivity contribution is 0.0696. The van der Waals surface area contributed by atoms with Gasteiger partial charge in [0.1, 0.15) is 18.1 Å². The van der Waals surface area contributed by atoms with E-state index in [-0.39, 0.29) is 17.1 Å². The molecule has 1 aliphatic heterocycles. The minimum absolute atomic E-state index is 0.0375. The fourth-order valence-corrected chi connectivity index (χ4v) is 2.60. The molecule has 0 fully saturated rings. The van der Waals surface area contributed by atoms with E-state index in [9.17, 15) is 9.59 Å². The number of carbonyl (C=O) groups is 1. The standard InChI is InChI=1S/C16H14ClNO4/c1-10-6-13(19)8-15(22-10)16(20)18-4-5-21-14-3-2-12(17)7-11(14)9-18/h2-3,6-8H,4-5,9H2,1H3.